The highest BCUT2D eigenvalue weighted by atomic mass is 79.9. The summed E-state index contributed by atoms with van der Waals surface area (Å²) < 4.78 is 2.69. The van der Waals surface area contributed by atoms with Crippen LogP contribution in [0.5, 0.6) is 0 Å². The molecular formula is C16H13BrN4S. The molecule has 0 amide bonds. The third-order valence-electron chi connectivity index (χ3n) is 2.94. The lowest BCUT2D eigenvalue weighted by Gasteiger charge is -2.01. The first kappa shape index (κ1) is 15.0. The quantitative estimate of drug-likeness (QED) is 0.497. The van der Waals surface area contributed by atoms with E-state index in [2.05, 4.69) is 43.4 Å². The van der Waals surface area contributed by atoms with Crippen molar-refractivity contribution in [2.75, 3.05) is 0 Å². The van der Waals surface area contributed by atoms with Crippen molar-refractivity contribution in [3.8, 4) is 0 Å². The minimum Gasteiger partial charge on any atom is -0.195 e. The Morgan fingerprint density at radius 2 is 1.86 bits per heavy atom. The molecule has 22 heavy (non-hydrogen) atoms. The monoisotopic (exact) mass is 372 g/mol. The van der Waals surface area contributed by atoms with Gasteiger partial charge in [-0.15, -0.1) is 10.2 Å². The van der Waals surface area contributed by atoms with E-state index in [4.69, 9.17) is 0 Å². The lowest BCUT2D eigenvalue weighted by atomic mass is 10.2. The fourth-order valence-corrected chi connectivity index (χ4v) is 3.03. The number of aromatic nitrogens is 3. The Morgan fingerprint density at radius 3 is 2.68 bits per heavy atom. The van der Waals surface area contributed by atoms with Crippen molar-refractivity contribution in [1.29, 1.82) is 0 Å². The zero-order valence-electron chi connectivity index (χ0n) is 11.6. The second kappa shape index (κ2) is 7.38. The Hall–Kier alpha value is -1.92. The van der Waals surface area contributed by atoms with E-state index in [1.807, 2.05) is 42.5 Å². The van der Waals surface area contributed by atoms with E-state index in [1.165, 1.54) is 5.56 Å². The molecule has 0 aliphatic carbocycles. The predicted octanol–water partition coefficient (Wildman–Crippen LogP) is 4.22. The van der Waals surface area contributed by atoms with Gasteiger partial charge in [0, 0.05) is 15.8 Å². The van der Waals surface area contributed by atoms with Crippen LogP contribution in [0.1, 0.15) is 11.1 Å². The topological polar surface area (TPSA) is 43.1 Å². The molecule has 1 heterocycles. The van der Waals surface area contributed by atoms with Crippen molar-refractivity contribution in [2.45, 2.75) is 10.9 Å². The predicted molar refractivity (Wildman–Crippen MR) is 93.2 cm³/mol. The van der Waals surface area contributed by atoms with Gasteiger partial charge in [-0.25, -0.2) is 0 Å². The van der Waals surface area contributed by atoms with Crippen LogP contribution in [0.15, 0.2) is 75.7 Å². The lowest BCUT2D eigenvalue weighted by Crippen LogP contribution is -1.93. The Kier molecular flexibility index (Phi) is 5.03. The van der Waals surface area contributed by atoms with Gasteiger partial charge in [0.2, 0.25) is 5.16 Å². The van der Waals surface area contributed by atoms with Crippen LogP contribution in [-0.2, 0) is 5.75 Å². The summed E-state index contributed by atoms with van der Waals surface area (Å²) in [5, 5.41) is 13.2. The van der Waals surface area contributed by atoms with Crippen molar-refractivity contribution in [2.24, 2.45) is 5.10 Å². The first-order valence-electron chi connectivity index (χ1n) is 6.68. The second-order valence-electron chi connectivity index (χ2n) is 4.50. The van der Waals surface area contributed by atoms with Gasteiger partial charge >= 0.3 is 0 Å². The average Bonchev–Trinajstić information content (AvgIpc) is 3.01. The minimum atomic E-state index is 0.771. The summed E-state index contributed by atoms with van der Waals surface area (Å²) in [6, 6.07) is 18.2. The summed E-state index contributed by atoms with van der Waals surface area (Å²) in [6.07, 6.45) is 3.40. The molecule has 0 saturated carbocycles. The van der Waals surface area contributed by atoms with E-state index in [9.17, 15) is 0 Å². The van der Waals surface area contributed by atoms with Gasteiger partial charge in [0.1, 0.15) is 6.33 Å². The SMILES string of the molecule is Brc1ccccc1/C=N/n1cnnc1SCc1ccccc1. The molecule has 0 atom stereocenters. The number of thioether (sulfide) groups is 1. The number of rotatable bonds is 5. The van der Waals surface area contributed by atoms with Crippen molar-refractivity contribution < 1.29 is 0 Å². The van der Waals surface area contributed by atoms with Gasteiger partial charge in [-0.05, 0) is 11.6 Å². The van der Waals surface area contributed by atoms with Crippen LogP contribution in [0.3, 0.4) is 0 Å². The second-order valence-corrected chi connectivity index (χ2v) is 6.30. The maximum atomic E-state index is 4.43. The zero-order valence-corrected chi connectivity index (χ0v) is 14.0. The molecule has 0 N–H and O–H groups in total. The molecule has 6 heteroatoms. The van der Waals surface area contributed by atoms with Gasteiger partial charge in [-0.2, -0.15) is 9.78 Å². The average molecular weight is 373 g/mol. The molecule has 1 aromatic heterocycles. The van der Waals surface area contributed by atoms with Crippen LogP contribution in [0.2, 0.25) is 0 Å². The summed E-state index contributed by atoms with van der Waals surface area (Å²) in [7, 11) is 0. The van der Waals surface area contributed by atoms with E-state index < -0.39 is 0 Å². The fourth-order valence-electron chi connectivity index (χ4n) is 1.82. The number of nitrogens with zero attached hydrogens (tertiary/aromatic N) is 4. The molecular weight excluding hydrogens is 360 g/mol. The van der Waals surface area contributed by atoms with Crippen LogP contribution in [0.4, 0.5) is 0 Å². The summed E-state index contributed by atoms with van der Waals surface area (Å²) in [4.78, 5) is 0. The van der Waals surface area contributed by atoms with Gasteiger partial charge < -0.3 is 0 Å². The maximum Gasteiger partial charge on any atom is 0.212 e. The first-order chi connectivity index (χ1) is 10.8. The van der Waals surface area contributed by atoms with E-state index in [-0.39, 0.29) is 0 Å². The van der Waals surface area contributed by atoms with Crippen LogP contribution in [0, 0.1) is 0 Å². The third-order valence-corrected chi connectivity index (χ3v) is 4.66. The van der Waals surface area contributed by atoms with Crippen molar-refractivity contribution in [3.63, 3.8) is 0 Å². The summed E-state index contributed by atoms with van der Waals surface area (Å²) >= 11 is 5.11. The Bertz CT molecular complexity index is 771. The normalized spacial score (nSPS) is 11.1. The Labute approximate surface area is 141 Å². The van der Waals surface area contributed by atoms with Gasteiger partial charge in [-0.3, -0.25) is 0 Å². The largest absolute Gasteiger partial charge is 0.212 e. The zero-order chi connectivity index (χ0) is 15.2. The minimum absolute atomic E-state index is 0.771. The van der Waals surface area contributed by atoms with Gasteiger partial charge in [0.25, 0.3) is 0 Å². The van der Waals surface area contributed by atoms with E-state index in [1.54, 1.807) is 29.0 Å². The molecule has 0 unspecified atom stereocenters. The summed E-state index contributed by atoms with van der Waals surface area (Å²) in [6.45, 7) is 0. The Balaban J connectivity index is 1.71. The summed E-state index contributed by atoms with van der Waals surface area (Å²) in [5.41, 5.74) is 2.26. The molecule has 0 saturated heterocycles. The highest BCUT2D eigenvalue weighted by Crippen LogP contribution is 2.20. The number of hydrogen-bond acceptors (Lipinski definition) is 4. The molecule has 2 aromatic carbocycles. The molecule has 3 rings (SSSR count). The maximum absolute atomic E-state index is 4.43. The van der Waals surface area contributed by atoms with Crippen LogP contribution in [0.25, 0.3) is 0 Å². The molecule has 0 aliphatic heterocycles. The van der Waals surface area contributed by atoms with Crippen LogP contribution in [-0.4, -0.2) is 21.1 Å². The third kappa shape index (κ3) is 3.84. The van der Waals surface area contributed by atoms with Crippen LogP contribution < -0.4 is 0 Å². The number of hydrogen-bond donors (Lipinski definition) is 0. The van der Waals surface area contributed by atoms with Crippen molar-refractivity contribution in [3.05, 3.63) is 76.5 Å². The highest BCUT2D eigenvalue weighted by molar-refractivity contribution is 9.10. The lowest BCUT2D eigenvalue weighted by molar-refractivity contribution is 0.767. The molecule has 3 aromatic rings. The standard InChI is InChI=1S/C16H13BrN4S/c17-15-9-5-4-8-14(15)10-19-21-12-18-20-16(21)22-11-13-6-2-1-3-7-13/h1-10,12H,11H2/b19-10+. The van der Waals surface area contributed by atoms with E-state index in [0.29, 0.717) is 0 Å². The summed E-state index contributed by atoms with van der Waals surface area (Å²) in [5.74, 6) is 0.837. The number of halogens is 1. The molecule has 4 nitrogen and oxygen atoms in total. The molecule has 0 bridgehead atoms. The van der Waals surface area contributed by atoms with E-state index >= 15 is 0 Å². The fraction of sp³-hybridized carbons (Fsp3) is 0.0625. The molecule has 0 fully saturated rings. The molecule has 0 spiro atoms. The van der Waals surface area contributed by atoms with Gasteiger partial charge in [-0.1, -0.05) is 76.2 Å². The van der Waals surface area contributed by atoms with Crippen molar-refractivity contribution in [1.82, 2.24) is 14.9 Å². The Morgan fingerprint density at radius 1 is 1.09 bits per heavy atom. The van der Waals surface area contributed by atoms with Crippen LogP contribution >= 0.6 is 27.7 Å². The molecule has 110 valence electrons. The highest BCUT2D eigenvalue weighted by Gasteiger charge is 2.04. The van der Waals surface area contributed by atoms with E-state index in [0.717, 1.165) is 20.9 Å². The molecule has 0 radical (unpaired) electrons. The number of benzene rings is 2. The smallest absolute Gasteiger partial charge is 0.195 e. The first-order valence-corrected chi connectivity index (χ1v) is 8.46. The van der Waals surface area contributed by atoms with Crippen molar-refractivity contribution >= 4 is 33.9 Å². The van der Waals surface area contributed by atoms with Gasteiger partial charge in [0.05, 0.1) is 6.21 Å². The molecule has 0 aliphatic rings. The van der Waals surface area contributed by atoms with Gasteiger partial charge in [0.15, 0.2) is 0 Å².